The largest absolute Gasteiger partial charge is 0.523 e. The number of alkyl halides is 6. The van der Waals surface area contributed by atoms with E-state index in [1.165, 1.54) is 0 Å². The van der Waals surface area contributed by atoms with Crippen LogP contribution in [0.5, 0.6) is 0 Å². The second-order valence-electron chi connectivity index (χ2n) is 1.68. The van der Waals surface area contributed by atoms with Gasteiger partial charge in [-0.25, -0.2) is 13.0 Å². The highest BCUT2D eigenvalue weighted by atomic mass is 35.5. The first-order chi connectivity index (χ1) is 5.58. The van der Waals surface area contributed by atoms with Gasteiger partial charge in [0.2, 0.25) is 5.63 Å². The van der Waals surface area contributed by atoms with Gasteiger partial charge in [0.15, 0.2) is 0 Å². The molecule has 0 aromatic heterocycles. The van der Waals surface area contributed by atoms with Gasteiger partial charge in [0, 0.05) is 0 Å². The van der Waals surface area contributed by atoms with E-state index in [1.807, 2.05) is 0 Å². The molecule has 3 nitrogen and oxygen atoms in total. The van der Waals surface area contributed by atoms with Crippen LogP contribution < -0.4 is 0 Å². The number of rotatable bonds is 3. The van der Waals surface area contributed by atoms with Crippen molar-refractivity contribution in [3.63, 3.8) is 0 Å². The molecule has 13 heavy (non-hydrogen) atoms. The molecule has 80 valence electrons. The molecule has 0 N–H and O–H groups in total. The Labute approximate surface area is 74.5 Å². The van der Waals surface area contributed by atoms with E-state index in [-0.39, 0.29) is 0 Å². The lowest BCUT2D eigenvalue weighted by atomic mass is 10.8. The van der Waals surface area contributed by atoms with Crippen LogP contribution in [0.25, 0.3) is 0 Å². The van der Waals surface area contributed by atoms with Gasteiger partial charge in [0.25, 0.3) is 6.36 Å². The van der Waals surface area contributed by atoms with Gasteiger partial charge in [0.05, 0.1) is 0 Å². The van der Waals surface area contributed by atoms with E-state index < -0.39 is 27.6 Å². The highest BCUT2D eigenvalue weighted by molar-refractivity contribution is 7.87. The van der Waals surface area contributed by atoms with E-state index in [1.54, 1.807) is 0 Å². The van der Waals surface area contributed by atoms with Gasteiger partial charge in [-0.2, -0.15) is 21.6 Å². The average molecular weight is 249 g/mol. The Hall–Kier alpha value is -0.150. The SMILES string of the molecule is O=S(=O)(O[C@H](F)[C@H](F)Cl)C(F)(F)F. The topological polar surface area (TPSA) is 43.4 Å². The zero-order valence-corrected chi connectivity index (χ0v) is 7.13. The summed E-state index contributed by atoms with van der Waals surface area (Å²) in [6.45, 7) is 0. The van der Waals surface area contributed by atoms with Crippen molar-refractivity contribution in [2.75, 3.05) is 0 Å². The Kier molecular flexibility index (Phi) is 3.88. The fourth-order valence-electron chi connectivity index (χ4n) is 0.218. The van der Waals surface area contributed by atoms with Crippen molar-refractivity contribution in [2.45, 2.75) is 17.5 Å². The molecule has 0 fully saturated rings. The molecule has 0 bridgehead atoms. The summed E-state index contributed by atoms with van der Waals surface area (Å²) in [4.78, 5) is 0. The molecule has 0 spiro atoms. The van der Waals surface area contributed by atoms with Gasteiger partial charge in [-0.05, 0) is 0 Å². The third-order valence-corrected chi connectivity index (χ3v) is 1.90. The lowest BCUT2D eigenvalue weighted by Gasteiger charge is -2.11. The summed E-state index contributed by atoms with van der Waals surface area (Å²) < 4.78 is 80.5. The molecule has 0 saturated heterocycles. The van der Waals surface area contributed by atoms with Gasteiger partial charge in [-0.15, -0.1) is 0 Å². The third kappa shape index (κ3) is 3.61. The number of halogens is 6. The Morgan fingerprint density at radius 3 is 1.85 bits per heavy atom. The summed E-state index contributed by atoms with van der Waals surface area (Å²) in [6.07, 6.45) is -3.38. The smallest absolute Gasteiger partial charge is 0.224 e. The summed E-state index contributed by atoms with van der Waals surface area (Å²) in [7, 11) is -6.14. The Morgan fingerprint density at radius 1 is 1.23 bits per heavy atom. The second kappa shape index (κ2) is 3.93. The van der Waals surface area contributed by atoms with Gasteiger partial charge >= 0.3 is 15.6 Å². The quantitative estimate of drug-likeness (QED) is 0.330. The molecule has 0 amide bonds. The fraction of sp³-hybridized carbons (Fsp3) is 1.00. The minimum Gasteiger partial charge on any atom is -0.224 e. The summed E-state index contributed by atoms with van der Waals surface area (Å²) in [5.74, 6) is 0. The molecule has 0 aromatic carbocycles. The van der Waals surface area contributed by atoms with Gasteiger partial charge < -0.3 is 0 Å². The number of hydrogen-bond donors (Lipinski definition) is 0. The standard InChI is InChI=1S/C3H2ClF5O3S/c4-1(5)2(6)12-13(10,11)3(7,8)9/h1-2H/t1-,2-/m0/s1. The maximum Gasteiger partial charge on any atom is 0.523 e. The Bertz CT molecular complexity index is 259. The molecule has 0 heterocycles. The highest BCUT2D eigenvalue weighted by Crippen LogP contribution is 2.27. The lowest BCUT2D eigenvalue weighted by Crippen LogP contribution is -2.30. The van der Waals surface area contributed by atoms with E-state index >= 15 is 0 Å². The Balaban J connectivity index is 4.55. The predicted octanol–water partition coefficient (Wildman–Crippen LogP) is 1.68. The van der Waals surface area contributed by atoms with Crippen LogP contribution in [-0.4, -0.2) is 25.9 Å². The molecule has 0 radical (unpaired) electrons. The fourth-order valence-corrected chi connectivity index (χ4v) is 0.779. The molecule has 0 saturated carbocycles. The summed E-state index contributed by atoms with van der Waals surface area (Å²) in [5.41, 5.74) is -8.79. The number of hydrogen-bond acceptors (Lipinski definition) is 3. The third-order valence-electron chi connectivity index (χ3n) is 0.700. The first-order valence-corrected chi connectivity index (χ1v) is 4.34. The minimum absolute atomic E-state index is 2.74. The van der Waals surface area contributed by atoms with Crippen LogP contribution in [-0.2, 0) is 14.3 Å². The molecule has 0 rings (SSSR count). The van der Waals surface area contributed by atoms with Gasteiger partial charge in [-0.3, -0.25) is 0 Å². The van der Waals surface area contributed by atoms with Crippen LogP contribution in [0.4, 0.5) is 22.0 Å². The molecular weight excluding hydrogens is 247 g/mol. The first kappa shape index (κ1) is 12.8. The molecular formula is C3H2ClF5O3S. The second-order valence-corrected chi connectivity index (χ2v) is 3.66. The monoisotopic (exact) mass is 248 g/mol. The van der Waals surface area contributed by atoms with Crippen LogP contribution in [0.3, 0.4) is 0 Å². The van der Waals surface area contributed by atoms with Crippen molar-refractivity contribution in [1.29, 1.82) is 0 Å². The maximum atomic E-state index is 11.9. The van der Waals surface area contributed by atoms with Crippen molar-refractivity contribution in [1.82, 2.24) is 0 Å². The van der Waals surface area contributed by atoms with Crippen LogP contribution in [0, 0.1) is 0 Å². The highest BCUT2D eigenvalue weighted by Gasteiger charge is 2.49. The zero-order valence-electron chi connectivity index (χ0n) is 5.56. The molecule has 2 atom stereocenters. The Morgan fingerprint density at radius 2 is 1.62 bits per heavy atom. The predicted molar refractivity (Wildman–Crippen MR) is 31.7 cm³/mol. The van der Waals surface area contributed by atoms with E-state index in [9.17, 15) is 30.4 Å². The maximum absolute atomic E-state index is 11.9. The summed E-state index contributed by atoms with van der Waals surface area (Å²) in [6, 6.07) is 0. The van der Waals surface area contributed by atoms with Crippen molar-refractivity contribution >= 4 is 21.7 Å². The van der Waals surface area contributed by atoms with Gasteiger partial charge in [-0.1, -0.05) is 11.6 Å². The molecule has 0 unspecified atom stereocenters. The van der Waals surface area contributed by atoms with Crippen LogP contribution >= 0.6 is 11.6 Å². The van der Waals surface area contributed by atoms with Gasteiger partial charge in [0.1, 0.15) is 0 Å². The van der Waals surface area contributed by atoms with Crippen molar-refractivity contribution in [3.05, 3.63) is 0 Å². The zero-order chi connectivity index (χ0) is 10.9. The van der Waals surface area contributed by atoms with E-state index in [4.69, 9.17) is 0 Å². The molecule has 0 aromatic rings. The average Bonchev–Trinajstić information content (AvgIpc) is 1.83. The van der Waals surface area contributed by atoms with E-state index in [2.05, 4.69) is 15.8 Å². The minimum atomic E-state index is -6.14. The molecule has 10 heteroatoms. The van der Waals surface area contributed by atoms with Crippen molar-refractivity contribution < 1.29 is 34.6 Å². The summed E-state index contributed by atoms with van der Waals surface area (Å²) in [5, 5.41) is 0. The lowest BCUT2D eigenvalue weighted by molar-refractivity contribution is -0.0686. The normalized spacial score (nSPS) is 18.3. The van der Waals surface area contributed by atoms with Crippen LogP contribution in [0.1, 0.15) is 0 Å². The van der Waals surface area contributed by atoms with Crippen LogP contribution in [0.15, 0.2) is 0 Å². The van der Waals surface area contributed by atoms with Crippen molar-refractivity contribution in [3.8, 4) is 0 Å². The first-order valence-electron chi connectivity index (χ1n) is 2.49. The molecule has 0 aliphatic rings. The van der Waals surface area contributed by atoms with Crippen LogP contribution in [0.2, 0.25) is 0 Å². The van der Waals surface area contributed by atoms with E-state index in [0.29, 0.717) is 0 Å². The van der Waals surface area contributed by atoms with Crippen molar-refractivity contribution in [2.24, 2.45) is 0 Å². The molecule has 0 aliphatic carbocycles. The molecule has 0 aliphatic heterocycles. The van der Waals surface area contributed by atoms with E-state index in [0.717, 1.165) is 0 Å². The summed E-state index contributed by atoms with van der Waals surface area (Å²) >= 11 is 4.29.